The summed E-state index contributed by atoms with van der Waals surface area (Å²) in [5.41, 5.74) is 0. The van der Waals surface area contributed by atoms with Crippen LogP contribution in [0.1, 0.15) is 12.8 Å². The van der Waals surface area contributed by atoms with Gasteiger partial charge < -0.3 is 4.84 Å². The van der Waals surface area contributed by atoms with Crippen molar-refractivity contribution in [2.45, 2.75) is 18.9 Å². The lowest BCUT2D eigenvalue weighted by Gasteiger charge is -2.29. The molecule has 1 aliphatic rings. The molecule has 1 saturated heterocycles. The summed E-state index contributed by atoms with van der Waals surface area (Å²) in [6.45, 7) is 6.83. The molecule has 0 spiro atoms. The van der Waals surface area contributed by atoms with E-state index in [9.17, 15) is 0 Å². The van der Waals surface area contributed by atoms with Gasteiger partial charge in [0.05, 0.1) is 6.10 Å². The largest absolute Gasteiger partial charge is 0.301 e. The topological polar surface area (TPSA) is 38.5 Å². The standard InChI is InChI=1S/C8H16N2O/c1-2-5-10-6-3-8(11-9)4-7-10/h2,8H,1,3-7,9H2. The molecule has 3 nitrogen and oxygen atoms in total. The molecule has 0 aromatic rings. The van der Waals surface area contributed by atoms with Gasteiger partial charge in [0, 0.05) is 19.6 Å². The number of nitrogens with zero attached hydrogens (tertiary/aromatic N) is 1. The number of likely N-dealkylation sites (tertiary alicyclic amines) is 1. The molecular formula is C8H16N2O. The Hall–Kier alpha value is -0.380. The van der Waals surface area contributed by atoms with Crippen molar-refractivity contribution in [3.05, 3.63) is 12.7 Å². The van der Waals surface area contributed by atoms with Crippen LogP contribution in [0.3, 0.4) is 0 Å². The molecule has 0 amide bonds. The molecule has 2 N–H and O–H groups in total. The molecule has 1 aliphatic heterocycles. The van der Waals surface area contributed by atoms with Crippen LogP contribution >= 0.6 is 0 Å². The van der Waals surface area contributed by atoms with E-state index in [-0.39, 0.29) is 6.10 Å². The third kappa shape index (κ3) is 2.61. The lowest BCUT2D eigenvalue weighted by Crippen LogP contribution is -2.37. The summed E-state index contributed by atoms with van der Waals surface area (Å²) in [4.78, 5) is 7.11. The summed E-state index contributed by atoms with van der Waals surface area (Å²) in [7, 11) is 0. The molecule has 1 heterocycles. The zero-order valence-corrected chi connectivity index (χ0v) is 6.83. The molecular weight excluding hydrogens is 140 g/mol. The van der Waals surface area contributed by atoms with Crippen LogP contribution < -0.4 is 5.90 Å². The first-order chi connectivity index (χ1) is 5.36. The van der Waals surface area contributed by atoms with Crippen molar-refractivity contribution < 1.29 is 4.84 Å². The lowest BCUT2D eigenvalue weighted by atomic mass is 10.1. The van der Waals surface area contributed by atoms with Gasteiger partial charge in [0.25, 0.3) is 0 Å². The van der Waals surface area contributed by atoms with E-state index in [1.165, 1.54) is 0 Å². The molecule has 0 bridgehead atoms. The number of nitrogens with two attached hydrogens (primary N) is 1. The molecule has 0 atom stereocenters. The van der Waals surface area contributed by atoms with Gasteiger partial charge in [-0.1, -0.05) is 6.08 Å². The maximum atomic E-state index is 5.08. The van der Waals surface area contributed by atoms with Crippen LogP contribution in [-0.2, 0) is 4.84 Å². The normalized spacial score (nSPS) is 21.9. The van der Waals surface area contributed by atoms with Gasteiger partial charge in [0.15, 0.2) is 0 Å². The van der Waals surface area contributed by atoms with Crippen LogP contribution in [-0.4, -0.2) is 30.6 Å². The Morgan fingerprint density at radius 3 is 2.64 bits per heavy atom. The molecule has 0 aliphatic carbocycles. The highest BCUT2D eigenvalue weighted by Crippen LogP contribution is 2.11. The highest BCUT2D eigenvalue weighted by Gasteiger charge is 2.17. The Morgan fingerprint density at radius 2 is 2.18 bits per heavy atom. The smallest absolute Gasteiger partial charge is 0.0811 e. The van der Waals surface area contributed by atoms with E-state index in [2.05, 4.69) is 11.5 Å². The predicted octanol–water partition coefficient (Wildman–Crippen LogP) is 0.527. The second kappa shape index (κ2) is 4.49. The summed E-state index contributed by atoms with van der Waals surface area (Å²) in [6, 6.07) is 0. The Balaban J connectivity index is 2.18. The average Bonchev–Trinajstić information content (AvgIpc) is 2.07. The van der Waals surface area contributed by atoms with Gasteiger partial charge in [0.1, 0.15) is 0 Å². The molecule has 0 aromatic carbocycles. The molecule has 0 saturated carbocycles. The highest BCUT2D eigenvalue weighted by molar-refractivity contribution is 4.78. The molecule has 0 radical (unpaired) electrons. The average molecular weight is 156 g/mol. The third-order valence-corrected chi connectivity index (χ3v) is 2.11. The van der Waals surface area contributed by atoms with Crippen molar-refractivity contribution in [1.29, 1.82) is 0 Å². The highest BCUT2D eigenvalue weighted by atomic mass is 16.6. The number of piperidine rings is 1. The van der Waals surface area contributed by atoms with Gasteiger partial charge in [-0.25, -0.2) is 5.90 Å². The number of hydrogen-bond acceptors (Lipinski definition) is 3. The van der Waals surface area contributed by atoms with Crippen molar-refractivity contribution in [3.8, 4) is 0 Å². The van der Waals surface area contributed by atoms with E-state index >= 15 is 0 Å². The first-order valence-electron chi connectivity index (χ1n) is 4.05. The van der Waals surface area contributed by atoms with Crippen LogP contribution in [0.15, 0.2) is 12.7 Å². The van der Waals surface area contributed by atoms with E-state index in [1.807, 2.05) is 6.08 Å². The fourth-order valence-corrected chi connectivity index (χ4v) is 1.41. The van der Waals surface area contributed by atoms with Crippen molar-refractivity contribution >= 4 is 0 Å². The monoisotopic (exact) mass is 156 g/mol. The fraction of sp³-hybridized carbons (Fsp3) is 0.750. The predicted molar refractivity (Wildman–Crippen MR) is 44.9 cm³/mol. The Labute approximate surface area is 67.8 Å². The molecule has 64 valence electrons. The lowest BCUT2D eigenvalue weighted by molar-refractivity contribution is 0.00891. The molecule has 11 heavy (non-hydrogen) atoms. The zero-order valence-electron chi connectivity index (χ0n) is 6.83. The Bertz CT molecular complexity index is 119. The van der Waals surface area contributed by atoms with Crippen molar-refractivity contribution in [3.63, 3.8) is 0 Å². The molecule has 1 rings (SSSR count). The van der Waals surface area contributed by atoms with Crippen LogP contribution in [0.5, 0.6) is 0 Å². The molecule has 1 fully saturated rings. The van der Waals surface area contributed by atoms with Crippen molar-refractivity contribution in [1.82, 2.24) is 4.90 Å². The van der Waals surface area contributed by atoms with Gasteiger partial charge >= 0.3 is 0 Å². The van der Waals surface area contributed by atoms with E-state index in [4.69, 9.17) is 10.7 Å². The van der Waals surface area contributed by atoms with Crippen molar-refractivity contribution in [2.75, 3.05) is 19.6 Å². The van der Waals surface area contributed by atoms with Crippen LogP contribution in [0.25, 0.3) is 0 Å². The minimum absolute atomic E-state index is 0.274. The molecule has 0 aromatic heterocycles. The summed E-state index contributed by atoms with van der Waals surface area (Å²) in [5.74, 6) is 5.08. The first-order valence-corrected chi connectivity index (χ1v) is 4.05. The number of hydrogen-bond donors (Lipinski definition) is 1. The van der Waals surface area contributed by atoms with Gasteiger partial charge in [-0.3, -0.25) is 4.90 Å². The fourth-order valence-electron chi connectivity index (χ4n) is 1.41. The zero-order chi connectivity index (χ0) is 8.10. The van der Waals surface area contributed by atoms with Crippen LogP contribution in [0.4, 0.5) is 0 Å². The summed E-state index contributed by atoms with van der Waals surface area (Å²) in [6.07, 6.45) is 4.30. The second-order valence-electron chi connectivity index (χ2n) is 2.92. The van der Waals surface area contributed by atoms with E-state index in [1.54, 1.807) is 0 Å². The second-order valence-corrected chi connectivity index (χ2v) is 2.92. The maximum Gasteiger partial charge on any atom is 0.0811 e. The van der Waals surface area contributed by atoms with E-state index < -0.39 is 0 Å². The van der Waals surface area contributed by atoms with E-state index in [0.717, 1.165) is 32.5 Å². The Kier molecular flexibility index (Phi) is 3.56. The van der Waals surface area contributed by atoms with Crippen molar-refractivity contribution in [2.24, 2.45) is 5.90 Å². The maximum absolute atomic E-state index is 5.08. The first kappa shape index (κ1) is 8.71. The SMILES string of the molecule is C=CCN1CCC(ON)CC1. The quantitative estimate of drug-likeness (QED) is 0.478. The molecule has 0 unspecified atom stereocenters. The third-order valence-electron chi connectivity index (χ3n) is 2.11. The molecule has 3 heteroatoms. The number of rotatable bonds is 3. The van der Waals surface area contributed by atoms with Gasteiger partial charge in [-0.05, 0) is 12.8 Å². The summed E-state index contributed by atoms with van der Waals surface area (Å²) >= 11 is 0. The van der Waals surface area contributed by atoms with E-state index in [0.29, 0.717) is 0 Å². The Morgan fingerprint density at radius 1 is 1.55 bits per heavy atom. The van der Waals surface area contributed by atoms with Gasteiger partial charge in [-0.2, -0.15) is 0 Å². The minimum Gasteiger partial charge on any atom is -0.301 e. The minimum atomic E-state index is 0.274. The summed E-state index contributed by atoms with van der Waals surface area (Å²) < 4.78 is 0. The van der Waals surface area contributed by atoms with Gasteiger partial charge in [-0.15, -0.1) is 6.58 Å². The van der Waals surface area contributed by atoms with Crippen LogP contribution in [0.2, 0.25) is 0 Å². The van der Waals surface area contributed by atoms with Crippen LogP contribution in [0, 0.1) is 0 Å². The summed E-state index contributed by atoms with van der Waals surface area (Å²) in [5, 5.41) is 0. The van der Waals surface area contributed by atoms with Gasteiger partial charge in [0.2, 0.25) is 0 Å².